The number of hydrogen-bond acceptors (Lipinski definition) is 6. The maximum atomic E-state index is 13.6. The molecule has 2 aromatic heterocycles. The molecule has 0 radical (unpaired) electrons. The van der Waals surface area contributed by atoms with Gasteiger partial charge in [-0.3, -0.25) is 19.0 Å². The molecule has 0 fully saturated rings. The average Bonchev–Trinajstić information content (AvgIpc) is 3.21. The molecule has 2 atom stereocenters. The van der Waals surface area contributed by atoms with Crippen molar-refractivity contribution < 1.29 is 14.3 Å². The molecule has 1 aromatic carbocycles. The summed E-state index contributed by atoms with van der Waals surface area (Å²) in [5, 5.41) is 0.668. The highest BCUT2D eigenvalue weighted by atomic mass is 32.1. The maximum Gasteiger partial charge on any atom is 0.265 e. The summed E-state index contributed by atoms with van der Waals surface area (Å²) in [5.41, 5.74) is 2.19. The average molecular weight is 494 g/mol. The Morgan fingerprint density at radius 2 is 2.06 bits per heavy atom. The van der Waals surface area contributed by atoms with Crippen LogP contribution in [0.15, 0.2) is 29.3 Å². The van der Waals surface area contributed by atoms with E-state index in [1.54, 1.807) is 41.4 Å². The molecule has 3 heterocycles. The van der Waals surface area contributed by atoms with E-state index < -0.39 is 6.04 Å². The summed E-state index contributed by atoms with van der Waals surface area (Å²) in [7, 11) is 0. The number of benzene rings is 1. The van der Waals surface area contributed by atoms with Gasteiger partial charge in [-0.25, -0.2) is 4.98 Å². The van der Waals surface area contributed by atoms with Crippen LogP contribution in [0.3, 0.4) is 0 Å². The van der Waals surface area contributed by atoms with Crippen molar-refractivity contribution in [3.05, 3.63) is 50.9 Å². The third-order valence-corrected chi connectivity index (χ3v) is 8.68. The summed E-state index contributed by atoms with van der Waals surface area (Å²) >= 11 is 1.62. The van der Waals surface area contributed by atoms with Gasteiger partial charge in [-0.2, -0.15) is 0 Å². The van der Waals surface area contributed by atoms with Gasteiger partial charge in [0, 0.05) is 17.0 Å². The first-order valence-electron chi connectivity index (χ1n) is 12.2. The van der Waals surface area contributed by atoms with Crippen molar-refractivity contribution in [2.45, 2.75) is 59.9 Å². The lowest BCUT2D eigenvalue weighted by Crippen LogP contribution is -2.38. The minimum Gasteiger partial charge on any atom is -0.482 e. The van der Waals surface area contributed by atoms with Crippen LogP contribution in [0.2, 0.25) is 0 Å². The number of rotatable bonds is 4. The van der Waals surface area contributed by atoms with Gasteiger partial charge in [0.25, 0.3) is 11.5 Å². The van der Waals surface area contributed by atoms with Crippen LogP contribution in [0.25, 0.3) is 10.2 Å². The third kappa shape index (κ3) is 3.97. The number of fused-ring (bicyclic) bond motifs is 4. The number of nitrogens with zero attached hydrogens (tertiary/aromatic N) is 3. The van der Waals surface area contributed by atoms with E-state index in [2.05, 4.69) is 25.8 Å². The number of amides is 1. The second kappa shape index (κ2) is 8.59. The van der Waals surface area contributed by atoms with Gasteiger partial charge in [-0.05, 0) is 68.2 Å². The summed E-state index contributed by atoms with van der Waals surface area (Å²) < 4.78 is 6.97. The Bertz CT molecular complexity index is 1400. The third-order valence-electron chi connectivity index (χ3n) is 7.52. The zero-order valence-corrected chi connectivity index (χ0v) is 21.7. The number of anilines is 1. The van der Waals surface area contributed by atoms with E-state index in [9.17, 15) is 14.4 Å². The van der Waals surface area contributed by atoms with Crippen molar-refractivity contribution in [2.75, 3.05) is 18.1 Å². The van der Waals surface area contributed by atoms with Gasteiger partial charge in [0.2, 0.25) is 0 Å². The Hall–Kier alpha value is -3.00. The first-order valence-corrected chi connectivity index (χ1v) is 13.0. The molecule has 1 aliphatic heterocycles. The minimum atomic E-state index is -0.728. The second-order valence-electron chi connectivity index (χ2n) is 10.6. The van der Waals surface area contributed by atoms with Crippen molar-refractivity contribution in [3.63, 3.8) is 0 Å². The smallest absolute Gasteiger partial charge is 0.265 e. The van der Waals surface area contributed by atoms with Gasteiger partial charge in [0.1, 0.15) is 10.6 Å². The first-order chi connectivity index (χ1) is 16.6. The summed E-state index contributed by atoms with van der Waals surface area (Å²) in [6.45, 7) is 10.9. The second-order valence-corrected chi connectivity index (χ2v) is 11.7. The molecule has 7 nitrogen and oxygen atoms in total. The fourth-order valence-electron chi connectivity index (χ4n) is 5.26. The van der Waals surface area contributed by atoms with E-state index in [-0.39, 0.29) is 29.3 Å². The summed E-state index contributed by atoms with van der Waals surface area (Å²) in [4.78, 5) is 47.5. The molecule has 2 unspecified atom stereocenters. The maximum absolute atomic E-state index is 13.6. The van der Waals surface area contributed by atoms with Gasteiger partial charge in [0.05, 0.1) is 23.4 Å². The molecule has 35 heavy (non-hydrogen) atoms. The Morgan fingerprint density at radius 1 is 1.29 bits per heavy atom. The Balaban J connectivity index is 1.49. The van der Waals surface area contributed by atoms with Gasteiger partial charge in [0.15, 0.2) is 12.4 Å². The van der Waals surface area contributed by atoms with Gasteiger partial charge >= 0.3 is 0 Å². The van der Waals surface area contributed by atoms with Gasteiger partial charge in [-0.15, -0.1) is 11.3 Å². The van der Waals surface area contributed by atoms with E-state index in [1.807, 2.05) is 6.92 Å². The van der Waals surface area contributed by atoms with E-state index in [4.69, 9.17) is 4.74 Å². The zero-order valence-electron chi connectivity index (χ0n) is 20.9. The largest absolute Gasteiger partial charge is 0.482 e. The van der Waals surface area contributed by atoms with E-state index in [0.717, 1.165) is 29.7 Å². The summed E-state index contributed by atoms with van der Waals surface area (Å²) in [6.07, 6.45) is 4.39. The zero-order chi connectivity index (χ0) is 25.1. The molecule has 5 rings (SSSR count). The lowest BCUT2D eigenvalue weighted by molar-refractivity contribution is -0.121. The highest BCUT2D eigenvalue weighted by Crippen LogP contribution is 2.42. The molecule has 2 aliphatic rings. The SMILES string of the molecule is CCN1C(=O)COc2ccc(C(=O)C(C)n3cnc4sc5c(c4c3=O)CCC(C(C)(C)C)C5)cc21. The number of likely N-dealkylation sites (N-methyl/N-ethyl adjacent to an activating group) is 1. The van der Waals surface area contributed by atoms with Crippen LogP contribution in [0, 0.1) is 11.3 Å². The standard InChI is InChI=1S/C27H31N3O4S/c1-6-29-19-11-16(7-10-20(19)34-13-22(29)31)24(32)15(2)30-14-28-25-23(26(30)33)18-9-8-17(27(3,4)5)12-21(18)35-25/h7,10-11,14-15,17H,6,8-9,12-13H2,1-5H3. The number of ketones is 1. The van der Waals surface area contributed by atoms with Crippen LogP contribution in [0.5, 0.6) is 5.75 Å². The quantitative estimate of drug-likeness (QED) is 0.488. The fraction of sp³-hybridized carbons (Fsp3) is 0.481. The van der Waals surface area contributed by atoms with E-state index in [1.165, 1.54) is 15.8 Å². The lowest BCUT2D eigenvalue weighted by Gasteiger charge is -2.33. The van der Waals surface area contributed by atoms with Crippen LogP contribution in [0.1, 0.15) is 67.9 Å². The number of carbonyl (C=O) groups excluding carboxylic acids is 2. The molecule has 0 saturated carbocycles. The van der Waals surface area contributed by atoms with Crippen molar-refractivity contribution in [1.29, 1.82) is 0 Å². The number of carbonyl (C=O) groups is 2. The highest BCUT2D eigenvalue weighted by Gasteiger charge is 2.32. The number of hydrogen-bond donors (Lipinski definition) is 0. The van der Waals surface area contributed by atoms with Gasteiger partial charge in [-0.1, -0.05) is 20.8 Å². The lowest BCUT2D eigenvalue weighted by atomic mass is 9.72. The molecule has 0 N–H and O–H groups in total. The molecule has 1 amide bonds. The molecular weight excluding hydrogens is 462 g/mol. The molecule has 8 heteroatoms. The molecule has 0 saturated heterocycles. The normalized spacial score (nSPS) is 18.7. The minimum absolute atomic E-state index is 0.00687. The summed E-state index contributed by atoms with van der Waals surface area (Å²) in [5.74, 6) is 0.809. The van der Waals surface area contributed by atoms with Crippen LogP contribution in [-0.4, -0.2) is 34.4 Å². The van der Waals surface area contributed by atoms with Gasteiger partial charge < -0.3 is 9.64 Å². The van der Waals surface area contributed by atoms with Crippen LogP contribution in [0.4, 0.5) is 5.69 Å². The molecule has 1 aliphatic carbocycles. The fourth-order valence-corrected chi connectivity index (χ4v) is 6.52. The molecule has 184 valence electrons. The number of aromatic nitrogens is 2. The van der Waals surface area contributed by atoms with E-state index in [0.29, 0.717) is 34.8 Å². The number of Topliss-reactive ketones (excluding diaryl/α,β-unsaturated/α-hetero) is 1. The molecular formula is C27H31N3O4S. The number of ether oxygens (including phenoxy) is 1. The van der Waals surface area contributed by atoms with Crippen LogP contribution in [-0.2, 0) is 17.6 Å². The van der Waals surface area contributed by atoms with Crippen molar-refractivity contribution >= 4 is 38.9 Å². The van der Waals surface area contributed by atoms with Crippen LogP contribution >= 0.6 is 11.3 Å². The Labute approximate surface area is 208 Å². The van der Waals surface area contributed by atoms with Crippen molar-refractivity contribution in [1.82, 2.24) is 9.55 Å². The topological polar surface area (TPSA) is 81.5 Å². The predicted molar refractivity (Wildman–Crippen MR) is 138 cm³/mol. The summed E-state index contributed by atoms with van der Waals surface area (Å²) in [6, 6.07) is 4.37. The van der Waals surface area contributed by atoms with Crippen LogP contribution < -0.4 is 15.2 Å². The van der Waals surface area contributed by atoms with E-state index >= 15 is 0 Å². The first kappa shape index (κ1) is 23.7. The molecule has 3 aromatic rings. The Kier molecular flexibility index (Phi) is 5.82. The molecule has 0 spiro atoms. The Morgan fingerprint density at radius 3 is 2.77 bits per heavy atom. The highest BCUT2D eigenvalue weighted by molar-refractivity contribution is 7.18. The molecule has 0 bridgehead atoms. The number of thiophene rings is 1. The monoisotopic (exact) mass is 493 g/mol. The predicted octanol–water partition coefficient (Wildman–Crippen LogP) is 4.80. The number of aryl methyl sites for hydroxylation is 1. The van der Waals surface area contributed by atoms with Crippen molar-refractivity contribution in [2.24, 2.45) is 11.3 Å². The van der Waals surface area contributed by atoms with Crippen molar-refractivity contribution in [3.8, 4) is 5.75 Å².